The lowest BCUT2D eigenvalue weighted by atomic mass is 10.1. The molecule has 2 nitrogen and oxygen atoms in total. The summed E-state index contributed by atoms with van der Waals surface area (Å²) >= 11 is 13.8. The predicted molar refractivity (Wildman–Crippen MR) is 107 cm³/mol. The molecule has 0 atom stereocenters. The molecule has 0 heterocycles. The van der Waals surface area contributed by atoms with Gasteiger partial charge in [0, 0.05) is 16.2 Å². The molecule has 0 spiro atoms. The number of thioether (sulfide) groups is 1. The SMILES string of the molecule is O=C(Nc1cccc(Cl)c1Cl)c1ccc(CSc2ccccc2)cc1. The van der Waals surface area contributed by atoms with Crippen LogP contribution in [0.25, 0.3) is 0 Å². The van der Waals surface area contributed by atoms with Crippen molar-refractivity contribution in [3.8, 4) is 0 Å². The number of hydrogen-bond acceptors (Lipinski definition) is 2. The van der Waals surface area contributed by atoms with Crippen LogP contribution in [-0.4, -0.2) is 5.91 Å². The van der Waals surface area contributed by atoms with Gasteiger partial charge in [-0.25, -0.2) is 0 Å². The maximum Gasteiger partial charge on any atom is 0.255 e. The average molecular weight is 388 g/mol. The second-order valence-corrected chi connectivity index (χ2v) is 7.19. The average Bonchev–Trinajstić information content (AvgIpc) is 2.65. The maximum absolute atomic E-state index is 12.4. The first-order chi connectivity index (χ1) is 12.1. The molecule has 0 aromatic heterocycles. The molecular weight excluding hydrogens is 373 g/mol. The van der Waals surface area contributed by atoms with E-state index in [0.29, 0.717) is 21.3 Å². The van der Waals surface area contributed by atoms with Crippen molar-refractivity contribution in [2.24, 2.45) is 0 Å². The van der Waals surface area contributed by atoms with E-state index < -0.39 is 0 Å². The van der Waals surface area contributed by atoms with E-state index in [-0.39, 0.29) is 5.91 Å². The van der Waals surface area contributed by atoms with Gasteiger partial charge in [0.05, 0.1) is 15.7 Å². The fourth-order valence-electron chi connectivity index (χ4n) is 2.23. The second-order valence-electron chi connectivity index (χ2n) is 5.35. The molecule has 5 heteroatoms. The van der Waals surface area contributed by atoms with Crippen LogP contribution >= 0.6 is 35.0 Å². The number of carbonyl (C=O) groups is 1. The molecule has 0 fully saturated rings. The van der Waals surface area contributed by atoms with E-state index in [1.165, 1.54) is 4.90 Å². The third-order valence-electron chi connectivity index (χ3n) is 3.56. The van der Waals surface area contributed by atoms with E-state index in [2.05, 4.69) is 17.4 Å². The Morgan fingerprint density at radius 1 is 0.880 bits per heavy atom. The largest absolute Gasteiger partial charge is 0.321 e. The summed E-state index contributed by atoms with van der Waals surface area (Å²) in [5.41, 5.74) is 2.23. The summed E-state index contributed by atoms with van der Waals surface area (Å²) < 4.78 is 0. The van der Waals surface area contributed by atoms with Crippen LogP contribution in [0.5, 0.6) is 0 Å². The normalized spacial score (nSPS) is 10.5. The molecule has 25 heavy (non-hydrogen) atoms. The molecular formula is C20H15Cl2NOS. The number of amides is 1. The van der Waals surface area contributed by atoms with Crippen molar-refractivity contribution in [2.75, 3.05) is 5.32 Å². The van der Waals surface area contributed by atoms with Gasteiger partial charge in [-0.05, 0) is 42.0 Å². The highest BCUT2D eigenvalue weighted by molar-refractivity contribution is 7.98. The van der Waals surface area contributed by atoms with E-state index in [4.69, 9.17) is 23.2 Å². The van der Waals surface area contributed by atoms with Gasteiger partial charge in [-0.2, -0.15) is 0 Å². The standard InChI is InChI=1S/C20H15Cl2NOS/c21-17-7-4-8-18(19(17)22)23-20(24)15-11-9-14(10-12-15)13-25-16-5-2-1-3-6-16/h1-12H,13H2,(H,23,24). The number of benzene rings is 3. The summed E-state index contributed by atoms with van der Waals surface area (Å²) in [7, 11) is 0. The molecule has 0 unspecified atom stereocenters. The van der Waals surface area contributed by atoms with E-state index in [1.54, 1.807) is 30.0 Å². The Balaban J connectivity index is 1.63. The molecule has 3 aromatic carbocycles. The zero-order valence-electron chi connectivity index (χ0n) is 13.2. The number of carbonyl (C=O) groups excluding carboxylic acids is 1. The van der Waals surface area contributed by atoms with Crippen LogP contribution < -0.4 is 5.32 Å². The van der Waals surface area contributed by atoms with Crippen LogP contribution in [0.2, 0.25) is 10.0 Å². The van der Waals surface area contributed by atoms with Crippen LogP contribution in [0, 0.1) is 0 Å². The minimum absolute atomic E-state index is 0.216. The van der Waals surface area contributed by atoms with Crippen LogP contribution in [0.3, 0.4) is 0 Å². The number of hydrogen-bond donors (Lipinski definition) is 1. The Bertz CT molecular complexity index is 867. The lowest BCUT2D eigenvalue weighted by Crippen LogP contribution is -2.12. The highest BCUT2D eigenvalue weighted by Crippen LogP contribution is 2.30. The van der Waals surface area contributed by atoms with Gasteiger partial charge in [-0.15, -0.1) is 11.8 Å². The summed E-state index contributed by atoms with van der Waals surface area (Å²) in [4.78, 5) is 13.6. The van der Waals surface area contributed by atoms with Crippen molar-refractivity contribution in [3.63, 3.8) is 0 Å². The molecule has 3 rings (SSSR count). The zero-order chi connectivity index (χ0) is 17.6. The summed E-state index contributed by atoms with van der Waals surface area (Å²) in [5, 5.41) is 3.54. The van der Waals surface area contributed by atoms with Crippen molar-refractivity contribution >= 4 is 46.6 Å². The first kappa shape index (κ1) is 17.9. The Hall–Kier alpha value is -1.94. The minimum Gasteiger partial charge on any atom is -0.321 e. The Kier molecular flexibility index (Phi) is 6.03. The molecule has 1 amide bonds. The Morgan fingerprint density at radius 2 is 1.60 bits per heavy atom. The topological polar surface area (TPSA) is 29.1 Å². The molecule has 0 saturated carbocycles. The van der Waals surface area contributed by atoms with Crippen LogP contribution in [0.4, 0.5) is 5.69 Å². The fraction of sp³-hybridized carbons (Fsp3) is 0.0500. The van der Waals surface area contributed by atoms with E-state index in [1.807, 2.05) is 42.5 Å². The molecule has 0 radical (unpaired) electrons. The highest BCUT2D eigenvalue weighted by Gasteiger charge is 2.10. The van der Waals surface area contributed by atoms with E-state index in [9.17, 15) is 4.79 Å². The smallest absolute Gasteiger partial charge is 0.255 e. The van der Waals surface area contributed by atoms with Gasteiger partial charge in [0.25, 0.3) is 5.91 Å². The highest BCUT2D eigenvalue weighted by atomic mass is 35.5. The summed E-state index contributed by atoms with van der Waals surface area (Å²) in [6.07, 6.45) is 0. The molecule has 3 aromatic rings. The number of nitrogens with one attached hydrogen (secondary N) is 1. The van der Waals surface area contributed by atoms with Gasteiger partial charge in [-0.1, -0.05) is 59.6 Å². The van der Waals surface area contributed by atoms with Crippen LogP contribution in [-0.2, 0) is 5.75 Å². The molecule has 0 aliphatic carbocycles. The number of rotatable bonds is 5. The third-order valence-corrected chi connectivity index (χ3v) is 5.47. The molecule has 0 aliphatic heterocycles. The van der Waals surface area contributed by atoms with Gasteiger partial charge in [0.15, 0.2) is 0 Å². The van der Waals surface area contributed by atoms with Crippen molar-refractivity contribution in [1.29, 1.82) is 0 Å². The van der Waals surface area contributed by atoms with Gasteiger partial charge >= 0.3 is 0 Å². The first-order valence-electron chi connectivity index (χ1n) is 7.65. The summed E-state index contributed by atoms with van der Waals surface area (Å²) in [6.45, 7) is 0. The van der Waals surface area contributed by atoms with Gasteiger partial charge in [0.2, 0.25) is 0 Å². The summed E-state index contributed by atoms with van der Waals surface area (Å²) in [5.74, 6) is 0.637. The van der Waals surface area contributed by atoms with Gasteiger partial charge in [0.1, 0.15) is 0 Å². The van der Waals surface area contributed by atoms with E-state index >= 15 is 0 Å². The maximum atomic E-state index is 12.4. The van der Waals surface area contributed by atoms with Gasteiger partial charge in [-0.3, -0.25) is 4.79 Å². The summed E-state index contributed by atoms with van der Waals surface area (Å²) in [6, 6.07) is 22.9. The monoisotopic (exact) mass is 387 g/mol. The molecule has 1 N–H and O–H groups in total. The lowest BCUT2D eigenvalue weighted by Gasteiger charge is -2.09. The molecule has 0 saturated heterocycles. The van der Waals surface area contributed by atoms with Crippen LogP contribution in [0.15, 0.2) is 77.7 Å². The number of halogens is 2. The van der Waals surface area contributed by atoms with Crippen molar-refractivity contribution < 1.29 is 4.79 Å². The molecule has 0 aliphatic rings. The second kappa shape index (κ2) is 8.43. The quantitative estimate of drug-likeness (QED) is 0.503. The predicted octanol–water partition coefficient (Wildman–Crippen LogP) is 6.54. The minimum atomic E-state index is -0.216. The van der Waals surface area contributed by atoms with Crippen molar-refractivity contribution in [3.05, 3.63) is 94.0 Å². The fourth-order valence-corrected chi connectivity index (χ4v) is 3.45. The first-order valence-corrected chi connectivity index (χ1v) is 9.40. The Morgan fingerprint density at radius 3 is 2.32 bits per heavy atom. The molecule has 0 bridgehead atoms. The lowest BCUT2D eigenvalue weighted by molar-refractivity contribution is 0.102. The Labute approximate surface area is 161 Å². The zero-order valence-corrected chi connectivity index (χ0v) is 15.5. The molecule has 126 valence electrons. The van der Waals surface area contributed by atoms with E-state index in [0.717, 1.165) is 11.3 Å². The van der Waals surface area contributed by atoms with Gasteiger partial charge < -0.3 is 5.32 Å². The van der Waals surface area contributed by atoms with Crippen molar-refractivity contribution in [1.82, 2.24) is 0 Å². The van der Waals surface area contributed by atoms with Crippen LogP contribution in [0.1, 0.15) is 15.9 Å². The third kappa shape index (κ3) is 4.79. The van der Waals surface area contributed by atoms with Crippen molar-refractivity contribution in [2.45, 2.75) is 10.6 Å². The number of anilines is 1.